The van der Waals surface area contributed by atoms with E-state index in [1.165, 1.54) is 25.9 Å². The largest absolute Gasteiger partial charge is 0.340 e. The first-order chi connectivity index (χ1) is 9.14. The Balaban J connectivity index is 1.61. The molecule has 1 unspecified atom stereocenters. The Kier molecular flexibility index (Phi) is 3.26. The first-order valence-corrected chi connectivity index (χ1v) is 7.59. The Labute approximate surface area is 115 Å². The summed E-state index contributed by atoms with van der Waals surface area (Å²) in [5.41, 5.74) is -0.681. The van der Waals surface area contributed by atoms with E-state index in [1.54, 1.807) is 0 Å². The second-order valence-electron chi connectivity index (χ2n) is 6.64. The van der Waals surface area contributed by atoms with E-state index < -0.39 is 5.41 Å². The van der Waals surface area contributed by atoms with Crippen molar-refractivity contribution in [3.8, 4) is 6.07 Å². The van der Waals surface area contributed by atoms with Gasteiger partial charge in [0, 0.05) is 19.1 Å². The zero-order chi connectivity index (χ0) is 13.5. The molecule has 1 saturated carbocycles. The summed E-state index contributed by atoms with van der Waals surface area (Å²) in [6, 6.07) is 2.84. The molecule has 104 valence electrons. The van der Waals surface area contributed by atoms with Crippen LogP contribution >= 0.6 is 0 Å². The first-order valence-electron chi connectivity index (χ1n) is 7.59. The maximum absolute atomic E-state index is 12.6. The highest BCUT2D eigenvalue weighted by atomic mass is 16.2. The summed E-state index contributed by atoms with van der Waals surface area (Å²) in [6.45, 7) is 6.19. The minimum Gasteiger partial charge on any atom is -0.340 e. The molecule has 3 rings (SSSR count). The van der Waals surface area contributed by atoms with Gasteiger partial charge in [0.05, 0.1) is 6.07 Å². The van der Waals surface area contributed by atoms with Crippen LogP contribution in [0.4, 0.5) is 0 Å². The average molecular weight is 261 g/mol. The van der Waals surface area contributed by atoms with E-state index in [9.17, 15) is 10.1 Å². The van der Waals surface area contributed by atoms with Crippen LogP contribution in [0.5, 0.6) is 0 Å². The Morgan fingerprint density at radius 2 is 1.95 bits per heavy atom. The predicted octanol–water partition coefficient (Wildman–Crippen LogP) is 1.62. The molecule has 0 N–H and O–H groups in total. The Bertz CT molecular complexity index is 402. The van der Waals surface area contributed by atoms with Crippen LogP contribution in [0, 0.1) is 22.7 Å². The molecule has 3 fully saturated rings. The van der Waals surface area contributed by atoms with Crippen molar-refractivity contribution in [1.82, 2.24) is 9.80 Å². The van der Waals surface area contributed by atoms with Crippen molar-refractivity contribution < 1.29 is 4.79 Å². The van der Waals surface area contributed by atoms with Crippen LogP contribution in [-0.2, 0) is 4.79 Å². The van der Waals surface area contributed by atoms with Gasteiger partial charge in [0.25, 0.3) is 0 Å². The van der Waals surface area contributed by atoms with Crippen molar-refractivity contribution in [2.45, 2.75) is 45.1 Å². The predicted molar refractivity (Wildman–Crippen MR) is 72.2 cm³/mol. The third kappa shape index (κ3) is 2.14. The molecule has 0 aromatic carbocycles. The van der Waals surface area contributed by atoms with Crippen LogP contribution in [0.15, 0.2) is 0 Å². The van der Waals surface area contributed by atoms with Gasteiger partial charge in [-0.3, -0.25) is 9.69 Å². The molecule has 0 aromatic rings. The summed E-state index contributed by atoms with van der Waals surface area (Å²) in [6.07, 6.45) is 5.19. The van der Waals surface area contributed by atoms with Gasteiger partial charge in [-0.1, -0.05) is 6.92 Å². The number of hydrogen-bond donors (Lipinski definition) is 0. The lowest BCUT2D eigenvalue weighted by Crippen LogP contribution is -2.50. The fourth-order valence-corrected chi connectivity index (χ4v) is 4.08. The van der Waals surface area contributed by atoms with Gasteiger partial charge in [-0.25, -0.2) is 0 Å². The molecule has 0 spiro atoms. The highest BCUT2D eigenvalue weighted by molar-refractivity contribution is 5.86. The summed E-state index contributed by atoms with van der Waals surface area (Å²) >= 11 is 0. The fourth-order valence-electron chi connectivity index (χ4n) is 4.08. The van der Waals surface area contributed by atoms with Gasteiger partial charge in [-0.2, -0.15) is 5.26 Å². The number of nitrogens with zero attached hydrogens (tertiary/aromatic N) is 3. The van der Waals surface area contributed by atoms with E-state index in [1.807, 2.05) is 4.90 Å². The van der Waals surface area contributed by atoms with Crippen molar-refractivity contribution in [3.63, 3.8) is 0 Å². The van der Waals surface area contributed by atoms with Crippen LogP contribution in [0.2, 0.25) is 0 Å². The van der Waals surface area contributed by atoms with Gasteiger partial charge in [0.15, 0.2) is 0 Å². The summed E-state index contributed by atoms with van der Waals surface area (Å²) < 4.78 is 0. The van der Waals surface area contributed by atoms with E-state index in [0.29, 0.717) is 12.0 Å². The maximum Gasteiger partial charge on any atom is 0.243 e. The number of nitriles is 1. The molecule has 1 amide bonds. The molecule has 0 bridgehead atoms. The first kappa shape index (κ1) is 12.9. The maximum atomic E-state index is 12.6. The van der Waals surface area contributed by atoms with Crippen LogP contribution in [0.1, 0.15) is 39.0 Å². The van der Waals surface area contributed by atoms with E-state index in [0.717, 1.165) is 32.4 Å². The fraction of sp³-hybridized carbons (Fsp3) is 0.867. The van der Waals surface area contributed by atoms with Gasteiger partial charge in [-0.15, -0.1) is 0 Å². The van der Waals surface area contributed by atoms with Crippen molar-refractivity contribution in [3.05, 3.63) is 0 Å². The number of carbonyl (C=O) groups is 1. The monoisotopic (exact) mass is 261 g/mol. The molecule has 0 aromatic heterocycles. The lowest BCUT2D eigenvalue weighted by Gasteiger charge is -2.41. The van der Waals surface area contributed by atoms with E-state index >= 15 is 0 Å². The van der Waals surface area contributed by atoms with Crippen molar-refractivity contribution in [2.75, 3.05) is 26.2 Å². The van der Waals surface area contributed by atoms with Gasteiger partial charge in [0.1, 0.15) is 5.41 Å². The summed E-state index contributed by atoms with van der Waals surface area (Å²) in [5.74, 6) is 0.635. The van der Waals surface area contributed by atoms with E-state index in [2.05, 4.69) is 17.9 Å². The Morgan fingerprint density at radius 1 is 1.26 bits per heavy atom. The molecule has 0 radical (unpaired) electrons. The summed E-state index contributed by atoms with van der Waals surface area (Å²) in [4.78, 5) is 17.1. The van der Waals surface area contributed by atoms with Crippen LogP contribution in [0.25, 0.3) is 0 Å². The summed E-state index contributed by atoms with van der Waals surface area (Å²) in [7, 11) is 0. The standard InChI is InChI=1S/C15H23N3O/c1-12-8-15(9-12,11-16)14(19)18-7-4-13(10-18)17-5-2-3-6-17/h12-13H,2-10H2,1H3. The zero-order valence-corrected chi connectivity index (χ0v) is 11.8. The number of likely N-dealkylation sites (tertiary alicyclic amines) is 2. The second-order valence-corrected chi connectivity index (χ2v) is 6.64. The number of hydrogen-bond acceptors (Lipinski definition) is 3. The lowest BCUT2D eigenvalue weighted by molar-refractivity contribution is -0.144. The second kappa shape index (κ2) is 4.79. The minimum absolute atomic E-state index is 0.106. The zero-order valence-electron chi connectivity index (χ0n) is 11.8. The third-order valence-electron chi connectivity index (χ3n) is 5.12. The van der Waals surface area contributed by atoms with Crippen molar-refractivity contribution >= 4 is 5.91 Å². The number of carbonyl (C=O) groups excluding carboxylic acids is 1. The molecule has 2 saturated heterocycles. The highest BCUT2D eigenvalue weighted by Gasteiger charge is 2.51. The van der Waals surface area contributed by atoms with Gasteiger partial charge >= 0.3 is 0 Å². The average Bonchev–Trinajstić information content (AvgIpc) is 3.02. The lowest BCUT2D eigenvalue weighted by atomic mass is 9.63. The number of rotatable bonds is 2. The van der Waals surface area contributed by atoms with Gasteiger partial charge in [-0.05, 0) is 51.1 Å². The smallest absolute Gasteiger partial charge is 0.243 e. The molecule has 2 heterocycles. The quantitative estimate of drug-likeness (QED) is 0.759. The molecule has 4 nitrogen and oxygen atoms in total. The molecular formula is C15H23N3O. The minimum atomic E-state index is -0.681. The Hall–Kier alpha value is -1.08. The molecule has 1 aliphatic carbocycles. The van der Waals surface area contributed by atoms with Crippen molar-refractivity contribution in [1.29, 1.82) is 5.26 Å². The Morgan fingerprint density at radius 3 is 2.53 bits per heavy atom. The molecule has 19 heavy (non-hydrogen) atoms. The van der Waals surface area contributed by atoms with Crippen molar-refractivity contribution in [2.24, 2.45) is 11.3 Å². The molecule has 1 atom stereocenters. The normalized spacial score (nSPS) is 39.1. The number of amides is 1. The van der Waals surface area contributed by atoms with Crippen LogP contribution in [0.3, 0.4) is 0 Å². The SMILES string of the molecule is CC1CC(C#N)(C(=O)N2CCC(N3CCCC3)C2)C1. The highest BCUT2D eigenvalue weighted by Crippen LogP contribution is 2.46. The topological polar surface area (TPSA) is 47.3 Å². The molecule has 4 heteroatoms. The van der Waals surface area contributed by atoms with E-state index in [4.69, 9.17) is 0 Å². The van der Waals surface area contributed by atoms with Crippen LogP contribution in [-0.4, -0.2) is 47.9 Å². The van der Waals surface area contributed by atoms with Gasteiger partial charge in [0.2, 0.25) is 5.91 Å². The summed E-state index contributed by atoms with van der Waals surface area (Å²) in [5, 5.41) is 9.35. The third-order valence-corrected chi connectivity index (χ3v) is 5.12. The van der Waals surface area contributed by atoms with Crippen LogP contribution < -0.4 is 0 Å². The van der Waals surface area contributed by atoms with Gasteiger partial charge < -0.3 is 4.90 Å². The molecular weight excluding hydrogens is 238 g/mol. The molecule has 3 aliphatic rings. The van der Waals surface area contributed by atoms with E-state index in [-0.39, 0.29) is 5.91 Å². The molecule has 2 aliphatic heterocycles.